The van der Waals surface area contributed by atoms with E-state index in [0.717, 1.165) is 6.54 Å². The fourth-order valence-corrected chi connectivity index (χ4v) is 1.12. The quantitative estimate of drug-likeness (QED) is 0.702. The normalized spacial score (nSPS) is 13.3. The monoisotopic (exact) mass is 229 g/mol. The summed E-state index contributed by atoms with van der Waals surface area (Å²) in [7, 11) is 0. The second-order valence-electron chi connectivity index (χ2n) is 3.86. The molecule has 0 amide bonds. The molecule has 0 atom stereocenters. The molecule has 5 heteroatoms. The molecular formula is C9H18F3NS. The second-order valence-corrected chi connectivity index (χ2v) is 5.37. The Morgan fingerprint density at radius 2 is 1.79 bits per heavy atom. The van der Waals surface area contributed by atoms with E-state index in [2.05, 4.69) is 19.2 Å². The molecule has 0 fully saturated rings. The first-order valence-electron chi connectivity index (χ1n) is 4.59. The number of rotatable bonds is 6. The van der Waals surface area contributed by atoms with Gasteiger partial charge in [-0.05, 0) is 33.1 Å². The third-order valence-corrected chi connectivity index (χ3v) is 3.17. The van der Waals surface area contributed by atoms with Gasteiger partial charge in [-0.25, -0.2) is 0 Å². The number of halogens is 3. The predicted molar refractivity (Wildman–Crippen MR) is 55.8 cm³/mol. The molecule has 0 aliphatic rings. The van der Waals surface area contributed by atoms with E-state index in [9.17, 15) is 13.2 Å². The Morgan fingerprint density at radius 3 is 2.21 bits per heavy atom. The van der Waals surface area contributed by atoms with Crippen LogP contribution in [0.15, 0.2) is 0 Å². The molecular weight excluding hydrogens is 211 g/mol. The lowest BCUT2D eigenvalue weighted by Crippen LogP contribution is -2.32. The zero-order chi connectivity index (χ0) is 11.2. The number of alkyl halides is 3. The Balaban J connectivity index is 3.39. The number of nitrogens with one attached hydrogen (secondary N) is 1. The minimum absolute atomic E-state index is 0.0955. The summed E-state index contributed by atoms with van der Waals surface area (Å²) < 4.78 is 35.3. The molecule has 0 heterocycles. The van der Waals surface area contributed by atoms with Crippen LogP contribution < -0.4 is 5.32 Å². The van der Waals surface area contributed by atoms with Crippen molar-refractivity contribution in [3.63, 3.8) is 0 Å². The van der Waals surface area contributed by atoms with E-state index in [-0.39, 0.29) is 11.2 Å². The van der Waals surface area contributed by atoms with Gasteiger partial charge >= 0.3 is 6.18 Å². The Hall–Kier alpha value is 0.100. The summed E-state index contributed by atoms with van der Waals surface area (Å²) in [5.41, 5.74) is 0. The highest BCUT2D eigenvalue weighted by molar-refractivity contribution is 7.99. The van der Waals surface area contributed by atoms with Gasteiger partial charge in [-0.2, -0.15) is 24.9 Å². The largest absolute Gasteiger partial charge is 0.389 e. The third-order valence-electron chi connectivity index (χ3n) is 1.92. The van der Waals surface area contributed by atoms with Gasteiger partial charge in [0.2, 0.25) is 0 Å². The van der Waals surface area contributed by atoms with Gasteiger partial charge in [0.1, 0.15) is 0 Å². The molecule has 86 valence electrons. The van der Waals surface area contributed by atoms with E-state index in [1.807, 2.05) is 6.26 Å². The van der Waals surface area contributed by atoms with E-state index < -0.39 is 12.6 Å². The number of hydrogen-bond acceptors (Lipinski definition) is 2. The van der Waals surface area contributed by atoms with Gasteiger partial charge in [0.15, 0.2) is 0 Å². The Kier molecular flexibility index (Phi) is 5.90. The molecule has 0 bridgehead atoms. The van der Waals surface area contributed by atoms with Crippen molar-refractivity contribution in [1.29, 1.82) is 0 Å². The summed E-state index contributed by atoms with van der Waals surface area (Å²) in [5, 5.41) is 3.03. The molecule has 0 saturated carbocycles. The molecule has 1 N–H and O–H groups in total. The molecule has 0 saturated heterocycles. The summed E-state index contributed by atoms with van der Waals surface area (Å²) in [6.07, 6.45) is -2.55. The summed E-state index contributed by atoms with van der Waals surface area (Å²) in [6, 6.07) is 0. The lowest BCUT2D eigenvalue weighted by molar-refractivity contribution is -0.135. The van der Waals surface area contributed by atoms with Crippen molar-refractivity contribution in [1.82, 2.24) is 5.32 Å². The van der Waals surface area contributed by atoms with Crippen molar-refractivity contribution in [2.75, 3.05) is 19.3 Å². The van der Waals surface area contributed by atoms with Crippen LogP contribution >= 0.6 is 11.8 Å². The van der Waals surface area contributed by atoms with Crippen molar-refractivity contribution in [3.05, 3.63) is 0 Å². The van der Waals surface area contributed by atoms with Crippen LogP contribution in [0.25, 0.3) is 0 Å². The fourth-order valence-electron chi connectivity index (χ4n) is 0.875. The highest BCUT2D eigenvalue weighted by Gasteiger charge is 2.26. The van der Waals surface area contributed by atoms with Crippen LogP contribution in [-0.4, -0.2) is 30.3 Å². The van der Waals surface area contributed by atoms with Crippen molar-refractivity contribution in [2.24, 2.45) is 0 Å². The average molecular weight is 229 g/mol. The first-order chi connectivity index (χ1) is 6.27. The molecule has 0 radical (unpaired) electrons. The second kappa shape index (κ2) is 5.85. The third kappa shape index (κ3) is 8.69. The van der Waals surface area contributed by atoms with E-state index in [4.69, 9.17) is 0 Å². The van der Waals surface area contributed by atoms with E-state index in [1.54, 1.807) is 11.8 Å². The lowest BCUT2D eigenvalue weighted by Gasteiger charge is -2.22. The maximum Gasteiger partial charge on any atom is 0.389 e. The summed E-state index contributed by atoms with van der Waals surface area (Å²) in [6.45, 7) is 5.30. The van der Waals surface area contributed by atoms with E-state index >= 15 is 0 Å². The molecule has 14 heavy (non-hydrogen) atoms. The van der Waals surface area contributed by atoms with Crippen LogP contribution in [0.2, 0.25) is 0 Å². The predicted octanol–water partition coefficient (Wildman–Crippen LogP) is 3.06. The Labute approximate surface area is 87.8 Å². The minimum Gasteiger partial charge on any atom is -0.315 e. The fraction of sp³-hybridized carbons (Fsp3) is 1.00. The van der Waals surface area contributed by atoms with Crippen LogP contribution in [-0.2, 0) is 0 Å². The first kappa shape index (κ1) is 14.1. The number of thioether (sulfide) groups is 1. The Morgan fingerprint density at radius 1 is 1.21 bits per heavy atom. The molecule has 1 nitrogen and oxygen atoms in total. The summed E-state index contributed by atoms with van der Waals surface area (Å²) >= 11 is 1.71. The molecule has 0 aromatic heterocycles. The van der Waals surface area contributed by atoms with Crippen LogP contribution in [0, 0.1) is 0 Å². The Bertz CT molecular complexity index is 157. The van der Waals surface area contributed by atoms with Gasteiger partial charge in [0.25, 0.3) is 0 Å². The summed E-state index contributed by atoms with van der Waals surface area (Å²) in [5.74, 6) is 0. The van der Waals surface area contributed by atoms with Crippen LogP contribution in [0.1, 0.15) is 26.7 Å². The van der Waals surface area contributed by atoms with Gasteiger partial charge in [-0.1, -0.05) is 0 Å². The number of hydrogen-bond donors (Lipinski definition) is 1. The van der Waals surface area contributed by atoms with Gasteiger partial charge in [0, 0.05) is 17.7 Å². The highest BCUT2D eigenvalue weighted by atomic mass is 32.2. The molecule has 0 spiro atoms. The molecule has 0 aromatic rings. The van der Waals surface area contributed by atoms with Crippen molar-refractivity contribution < 1.29 is 13.2 Å². The smallest absolute Gasteiger partial charge is 0.315 e. The molecule has 0 aliphatic heterocycles. The SMILES string of the molecule is CSC(C)(C)CNCCCC(F)(F)F. The van der Waals surface area contributed by atoms with E-state index in [1.165, 1.54) is 0 Å². The van der Waals surface area contributed by atoms with Crippen LogP contribution in [0.3, 0.4) is 0 Å². The average Bonchev–Trinajstić information content (AvgIpc) is 2.01. The maximum atomic E-state index is 11.8. The standard InChI is InChI=1S/C9H18F3NS/c1-8(2,14-3)7-13-6-4-5-9(10,11)12/h13H,4-7H2,1-3H3. The minimum atomic E-state index is -4.02. The van der Waals surface area contributed by atoms with Crippen LogP contribution in [0.4, 0.5) is 13.2 Å². The zero-order valence-electron chi connectivity index (χ0n) is 8.87. The summed E-state index contributed by atoms with van der Waals surface area (Å²) in [4.78, 5) is 0. The van der Waals surface area contributed by atoms with Crippen molar-refractivity contribution in [3.8, 4) is 0 Å². The van der Waals surface area contributed by atoms with Gasteiger partial charge in [-0.3, -0.25) is 0 Å². The van der Waals surface area contributed by atoms with Gasteiger partial charge < -0.3 is 5.32 Å². The molecule has 0 rings (SSSR count). The molecule has 0 aliphatic carbocycles. The van der Waals surface area contributed by atoms with Gasteiger partial charge in [0.05, 0.1) is 0 Å². The first-order valence-corrected chi connectivity index (χ1v) is 5.82. The van der Waals surface area contributed by atoms with E-state index in [0.29, 0.717) is 6.54 Å². The molecule has 0 aromatic carbocycles. The van der Waals surface area contributed by atoms with Crippen LogP contribution in [0.5, 0.6) is 0 Å². The van der Waals surface area contributed by atoms with Gasteiger partial charge in [-0.15, -0.1) is 0 Å². The van der Waals surface area contributed by atoms with Crippen molar-refractivity contribution >= 4 is 11.8 Å². The molecule has 0 unspecified atom stereocenters. The zero-order valence-corrected chi connectivity index (χ0v) is 9.69. The van der Waals surface area contributed by atoms with Crippen molar-refractivity contribution in [2.45, 2.75) is 37.6 Å². The highest BCUT2D eigenvalue weighted by Crippen LogP contribution is 2.21. The topological polar surface area (TPSA) is 12.0 Å². The lowest BCUT2D eigenvalue weighted by atomic mass is 10.2. The maximum absolute atomic E-state index is 11.8.